The molecule has 0 aliphatic carbocycles. The number of H-pyrrole nitrogens is 1. The normalized spacial score (nSPS) is 16.3. The van der Waals surface area contributed by atoms with Crippen molar-refractivity contribution in [1.29, 1.82) is 0 Å². The predicted molar refractivity (Wildman–Crippen MR) is 109 cm³/mol. The average molecular weight is 400 g/mol. The van der Waals surface area contributed by atoms with Gasteiger partial charge < -0.3 is 25.5 Å². The zero-order chi connectivity index (χ0) is 20.8. The third-order valence-electron chi connectivity index (χ3n) is 4.59. The van der Waals surface area contributed by atoms with Gasteiger partial charge in [0.1, 0.15) is 18.5 Å². The molecule has 9 nitrogen and oxygen atoms in total. The number of amides is 1. The summed E-state index contributed by atoms with van der Waals surface area (Å²) in [5, 5.41) is 26.5. The lowest BCUT2D eigenvalue weighted by molar-refractivity contribution is -0.480. The molecular formula is C20H24N4O5. The zero-order valence-corrected chi connectivity index (χ0v) is 16.1. The number of benzene rings is 1. The lowest BCUT2D eigenvalue weighted by Crippen LogP contribution is -2.37. The van der Waals surface area contributed by atoms with Crippen LogP contribution in [0.15, 0.2) is 36.5 Å². The van der Waals surface area contributed by atoms with E-state index in [0.29, 0.717) is 29.0 Å². The van der Waals surface area contributed by atoms with Crippen LogP contribution in [0.2, 0.25) is 0 Å². The first-order chi connectivity index (χ1) is 13.9. The van der Waals surface area contributed by atoms with Gasteiger partial charge in [0.25, 0.3) is 5.91 Å². The summed E-state index contributed by atoms with van der Waals surface area (Å²) in [7, 11) is 0. The van der Waals surface area contributed by atoms with E-state index in [2.05, 4.69) is 15.6 Å². The SMILES string of the molecule is CC(CC[N+](=O)[O-])NCC(O)COc1cccc2c1C(=Cc1ccc[nH]1)C(=O)N2. The minimum atomic E-state index is -0.801. The number of anilines is 1. The van der Waals surface area contributed by atoms with Crippen molar-refractivity contribution < 1.29 is 19.6 Å². The maximum absolute atomic E-state index is 12.4. The van der Waals surface area contributed by atoms with E-state index in [1.165, 1.54) is 0 Å². The van der Waals surface area contributed by atoms with Gasteiger partial charge in [-0.15, -0.1) is 0 Å². The van der Waals surface area contributed by atoms with Gasteiger partial charge in [0, 0.05) is 35.8 Å². The fraction of sp³-hybridized carbons (Fsp3) is 0.350. The highest BCUT2D eigenvalue weighted by molar-refractivity contribution is 6.35. The maximum Gasteiger partial charge on any atom is 0.256 e. The standard InChI is InChI=1S/C20H24N4O5/c1-13(7-9-24(27)28)22-11-15(25)12-29-18-6-2-5-17-19(18)16(20(26)23-17)10-14-4-3-8-21-14/h2-6,8,10,13,15,21-22,25H,7,9,11-12H2,1H3,(H,23,26). The Kier molecular flexibility index (Phi) is 6.63. The Hall–Kier alpha value is -3.17. The third kappa shape index (κ3) is 5.43. The highest BCUT2D eigenvalue weighted by atomic mass is 16.6. The minimum absolute atomic E-state index is 0.0232. The number of nitro groups is 1. The molecule has 2 heterocycles. The molecule has 3 rings (SSSR count). The molecule has 0 radical (unpaired) electrons. The number of fused-ring (bicyclic) bond motifs is 1. The second-order valence-corrected chi connectivity index (χ2v) is 6.94. The molecule has 0 fully saturated rings. The minimum Gasteiger partial charge on any atom is -0.490 e. The lowest BCUT2D eigenvalue weighted by atomic mass is 10.0. The van der Waals surface area contributed by atoms with Gasteiger partial charge in [0.2, 0.25) is 6.54 Å². The number of aliphatic hydroxyl groups excluding tert-OH is 1. The molecule has 29 heavy (non-hydrogen) atoms. The number of hydrogen-bond donors (Lipinski definition) is 4. The summed E-state index contributed by atoms with van der Waals surface area (Å²) >= 11 is 0. The first-order valence-electron chi connectivity index (χ1n) is 9.40. The predicted octanol–water partition coefficient (Wildman–Crippen LogP) is 1.89. The Bertz CT molecular complexity index is 894. The molecule has 0 saturated heterocycles. The largest absolute Gasteiger partial charge is 0.490 e. The summed E-state index contributed by atoms with van der Waals surface area (Å²) < 4.78 is 5.80. The van der Waals surface area contributed by atoms with E-state index in [9.17, 15) is 20.0 Å². The summed E-state index contributed by atoms with van der Waals surface area (Å²) in [6.07, 6.45) is 3.11. The van der Waals surface area contributed by atoms with E-state index in [1.54, 1.807) is 30.5 Å². The van der Waals surface area contributed by atoms with Crippen LogP contribution in [-0.2, 0) is 4.79 Å². The van der Waals surface area contributed by atoms with Gasteiger partial charge in [-0.3, -0.25) is 14.9 Å². The van der Waals surface area contributed by atoms with Crippen LogP contribution in [-0.4, -0.2) is 52.8 Å². The Morgan fingerprint density at radius 1 is 1.34 bits per heavy atom. The van der Waals surface area contributed by atoms with Crippen molar-refractivity contribution in [2.24, 2.45) is 0 Å². The average Bonchev–Trinajstić information content (AvgIpc) is 3.31. The van der Waals surface area contributed by atoms with Crippen LogP contribution in [0.4, 0.5) is 5.69 Å². The van der Waals surface area contributed by atoms with E-state index in [-0.39, 0.29) is 36.6 Å². The fourth-order valence-corrected chi connectivity index (χ4v) is 3.05. The molecule has 1 aliphatic rings. The topological polar surface area (TPSA) is 130 Å². The lowest BCUT2D eigenvalue weighted by Gasteiger charge is -2.17. The Labute approximate surface area is 167 Å². The Morgan fingerprint density at radius 3 is 2.90 bits per heavy atom. The van der Waals surface area contributed by atoms with E-state index in [0.717, 1.165) is 5.69 Å². The first-order valence-corrected chi connectivity index (χ1v) is 9.40. The molecule has 154 valence electrons. The van der Waals surface area contributed by atoms with Crippen LogP contribution in [0.5, 0.6) is 5.75 Å². The molecule has 2 atom stereocenters. The van der Waals surface area contributed by atoms with E-state index in [4.69, 9.17) is 4.74 Å². The molecule has 0 spiro atoms. The highest BCUT2D eigenvalue weighted by Crippen LogP contribution is 2.39. The van der Waals surface area contributed by atoms with Gasteiger partial charge in [-0.1, -0.05) is 6.07 Å². The third-order valence-corrected chi connectivity index (χ3v) is 4.59. The number of nitrogens with one attached hydrogen (secondary N) is 3. The number of aromatic nitrogens is 1. The number of aromatic amines is 1. The molecule has 2 unspecified atom stereocenters. The number of carbonyl (C=O) groups is 1. The summed E-state index contributed by atoms with van der Waals surface area (Å²) in [6, 6.07) is 8.94. The van der Waals surface area contributed by atoms with Gasteiger partial charge in [-0.25, -0.2) is 0 Å². The highest BCUT2D eigenvalue weighted by Gasteiger charge is 2.28. The first kappa shape index (κ1) is 20.6. The number of hydrogen-bond acceptors (Lipinski definition) is 6. The molecule has 1 aliphatic heterocycles. The van der Waals surface area contributed by atoms with E-state index >= 15 is 0 Å². The number of carbonyl (C=O) groups excluding carboxylic acids is 1. The second-order valence-electron chi connectivity index (χ2n) is 6.94. The van der Waals surface area contributed by atoms with E-state index in [1.807, 2.05) is 19.1 Å². The Morgan fingerprint density at radius 2 is 2.17 bits per heavy atom. The van der Waals surface area contributed by atoms with Crippen molar-refractivity contribution in [1.82, 2.24) is 10.3 Å². The smallest absolute Gasteiger partial charge is 0.256 e. The van der Waals surface area contributed by atoms with Crippen LogP contribution in [0.3, 0.4) is 0 Å². The number of ether oxygens (including phenoxy) is 1. The molecule has 1 amide bonds. The molecule has 2 aromatic rings. The number of nitrogens with zero attached hydrogens (tertiary/aromatic N) is 1. The summed E-state index contributed by atoms with van der Waals surface area (Å²) in [6.45, 7) is 1.98. The molecule has 0 bridgehead atoms. The monoisotopic (exact) mass is 400 g/mol. The van der Waals surface area contributed by atoms with Crippen molar-refractivity contribution in [2.45, 2.75) is 25.5 Å². The zero-order valence-electron chi connectivity index (χ0n) is 16.1. The van der Waals surface area contributed by atoms with Crippen molar-refractivity contribution >= 4 is 23.2 Å². The molecule has 4 N–H and O–H groups in total. The molecule has 1 aromatic heterocycles. The molecule has 1 aromatic carbocycles. The molecule has 9 heteroatoms. The summed E-state index contributed by atoms with van der Waals surface area (Å²) in [5.41, 5.74) is 2.60. The molecular weight excluding hydrogens is 376 g/mol. The molecule has 0 saturated carbocycles. The van der Waals surface area contributed by atoms with Gasteiger partial charge in [-0.2, -0.15) is 0 Å². The van der Waals surface area contributed by atoms with Crippen molar-refractivity contribution in [3.8, 4) is 5.75 Å². The van der Waals surface area contributed by atoms with Crippen LogP contribution < -0.4 is 15.4 Å². The van der Waals surface area contributed by atoms with Gasteiger partial charge in [-0.05, 0) is 37.3 Å². The fourth-order valence-electron chi connectivity index (χ4n) is 3.05. The Balaban J connectivity index is 1.62. The second kappa shape index (κ2) is 9.35. The number of aliphatic hydroxyl groups is 1. The van der Waals surface area contributed by atoms with Crippen LogP contribution in [0.1, 0.15) is 24.6 Å². The van der Waals surface area contributed by atoms with Crippen LogP contribution in [0, 0.1) is 10.1 Å². The van der Waals surface area contributed by atoms with Gasteiger partial charge >= 0.3 is 0 Å². The van der Waals surface area contributed by atoms with Crippen molar-refractivity contribution in [3.63, 3.8) is 0 Å². The van der Waals surface area contributed by atoms with Crippen molar-refractivity contribution in [2.75, 3.05) is 25.0 Å². The maximum atomic E-state index is 12.4. The quantitative estimate of drug-likeness (QED) is 0.274. The number of rotatable bonds is 10. The van der Waals surface area contributed by atoms with Crippen molar-refractivity contribution in [3.05, 3.63) is 57.9 Å². The summed E-state index contributed by atoms with van der Waals surface area (Å²) in [4.78, 5) is 25.5. The summed E-state index contributed by atoms with van der Waals surface area (Å²) in [5.74, 6) is 0.284. The van der Waals surface area contributed by atoms with E-state index < -0.39 is 6.10 Å². The van der Waals surface area contributed by atoms with Gasteiger partial charge in [0.05, 0.1) is 16.8 Å². The van der Waals surface area contributed by atoms with Gasteiger partial charge in [0.15, 0.2) is 0 Å². The van der Waals surface area contributed by atoms with Crippen LogP contribution >= 0.6 is 0 Å². The van der Waals surface area contributed by atoms with Crippen LogP contribution in [0.25, 0.3) is 11.6 Å².